The van der Waals surface area contributed by atoms with Crippen molar-refractivity contribution < 1.29 is 31.4 Å². The third kappa shape index (κ3) is 2.99. The lowest BCUT2D eigenvalue weighted by Crippen LogP contribution is -2.41. The van der Waals surface area contributed by atoms with Crippen molar-refractivity contribution in [1.82, 2.24) is 4.98 Å². The number of methoxy groups -OCH3 is 1. The number of ether oxygens (including phenoxy) is 2. The van der Waals surface area contributed by atoms with E-state index in [2.05, 4.69) is 9.72 Å². The highest BCUT2D eigenvalue weighted by molar-refractivity contribution is 5.42. The van der Waals surface area contributed by atoms with Gasteiger partial charge in [-0.2, -0.15) is 8.78 Å². The topological polar surface area (TPSA) is 31.4 Å². The molecule has 1 heterocycles. The Labute approximate surface area is 99.5 Å². The monoisotopic (exact) mass is 271 g/mol. The fourth-order valence-corrected chi connectivity index (χ4v) is 1.21. The number of halogens is 5. The van der Waals surface area contributed by atoms with Crippen LogP contribution in [0.2, 0.25) is 0 Å². The van der Waals surface area contributed by atoms with Crippen LogP contribution >= 0.6 is 0 Å². The van der Waals surface area contributed by atoms with E-state index < -0.39 is 24.5 Å². The standard InChI is InChI=1S/C10H10F5NO2/c1-5-7(17-2)6(3-4-16-5)18-10(14,15)8(11)9(12)13/h3-4,8-9H,1-2H3. The molecule has 0 radical (unpaired) electrons. The Morgan fingerprint density at radius 2 is 1.89 bits per heavy atom. The van der Waals surface area contributed by atoms with Gasteiger partial charge in [0, 0.05) is 12.3 Å². The van der Waals surface area contributed by atoms with Gasteiger partial charge in [0.05, 0.1) is 12.8 Å². The summed E-state index contributed by atoms with van der Waals surface area (Å²) in [5.74, 6) is -0.725. The third-order valence-corrected chi connectivity index (χ3v) is 2.04. The summed E-state index contributed by atoms with van der Waals surface area (Å²) in [6, 6.07) is 0.970. The molecule has 1 rings (SSSR count). The van der Waals surface area contributed by atoms with Gasteiger partial charge >= 0.3 is 6.11 Å². The summed E-state index contributed by atoms with van der Waals surface area (Å²) in [5.41, 5.74) is 0.207. The predicted octanol–water partition coefficient (Wildman–Crippen LogP) is 2.97. The van der Waals surface area contributed by atoms with E-state index >= 15 is 0 Å². The fourth-order valence-electron chi connectivity index (χ4n) is 1.21. The molecule has 0 spiro atoms. The molecule has 1 atom stereocenters. The van der Waals surface area contributed by atoms with Gasteiger partial charge in [-0.15, -0.1) is 0 Å². The first kappa shape index (κ1) is 14.5. The number of hydrogen-bond acceptors (Lipinski definition) is 3. The highest BCUT2D eigenvalue weighted by Gasteiger charge is 2.49. The molecular formula is C10H10F5NO2. The number of nitrogens with zero attached hydrogens (tertiary/aromatic N) is 1. The first-order chi connectivity index (χ1) is 8.29. The van der Waals surface area contributed by atoms with E-state index in [0.29, 0.717) is 0 Å². The van der Waals surface area contributed by atoms with Crippen LogP contribution in [-0.4, -0.2) is 30.8 Å². The number of hydrogen-bond donors (Lipinski definition) is 0. The highest BCUT2D eigenvalue weighted by Crippen LogP contribution is 2.36. The second-order valence-corrected chi connectivity index (χ2v) is 3.33. The summed E-state index contributed by atoms with van der Waals surface area (Å²) in [7, 11) is 1.16. The molecule has 0 aromatic carbocycles. The normalized spacial score (nSPS) is 13.6. The Kier molecular flexibility index (Phi) is 4.31. The van der Waals surface area contributed by atoms with E-state index in [4.69, 9.17) is 4.74 Å². The summed E-state index contributed by atoms with van der Waals surface area (Å²) in [6.07, 6.45) is -11.1. The van der Waals surface area contributed by atoms with Gasteiger partial charge in [0.15, 0.2) is 11.5 Å². The number of pyridine rings is 1. The quantitative estimate of drug-likeness (QED) is 0.771. The van der Waals surface area contributed by atoms with Crippen molar-refractivity contribution in [2.24, 2.45) is 0 Å². The van der Waals surface area contributed by atoms with Crippen LogP contribution < -0.4 is 9.47 Å². The van der Waals surface area contributed by atoms with Gasteiger partial charge in [0.1, 0.15) is 0 Å². The summed E-state index contributed by atoms with van der Waals surface area (Å²) in [4.78, 5) is 3.73. The molecule has 0 bridgehead atoms. The number of aromatic nitrogens is 1. The van der Waals surface area contributed by atoms with E-state index in [9.17, 15) is 22.0 Å². The van der Waals surface area contributed by atoms with Crippen molar-refractivity contribution in [3.8, 4) is 11.5 Å². The van der Waals surface area contributed by atoms with Gasteiger partial charge in [-0.25, -0.2) is 13.2 Å². The van der Waals surface area contributed by atoms with Crippen molar-refractivity contribution >= 4 is 0 Å². The van der Waals surface area contributed by atoms with Crippen LogP contribution in [0.25, 0.3) is 0 Å². The van der Waals surface area contributed by atoms with Gasteiger partial charge in [-0.3, -0.25) is 4.98 Å². The summed E-state index contributed by atoms with van der Waals surface area (Å²) >= 11 is 0. The minimum absolute atomic E-state index is 0.168. The maximum Gasteiger partial charge on any atom is 0.435 e. The van der Waals surface area contributed by atoms with Gasteiger partial charge in [-0.1, -0.05) is 0 Å². The molecule has 0 saturated heterocycles. The van der Waals surface area contributed by atoms with E-state index in [1.165, 1.54) is 6.92 Å². The van der Waals surface area contributed by atoms with Crippen LogP contribution in [0.4, 0.5) is 22.0 Å². The van der Waals surface area contributed by atoms with Gasteiger partial charge in [-0.05, 0) is 6.92 Å². The van der Waals surface area contributed by atoms with Crippen LogP contribution in [0, 0.1) is 6.92 Å². The minimum Gasteiger partial charge on any atom is -0.491 e. The van der Waals surface area contributed by atoms with Crippen LogP contribution in [-0.2, 0) is 0 Å². The van der Waals surface area contributed by atoms with Crippen LogP contribution in [0.5, 0.6) is 11.5 Å². The number of alkyl halides is 5. The van der Waals surface area contributed by atoms with Crippen molar-refractivity contribution in [2.75, 3.05) is 7.11 Å². The summed E-state index contributed by atoms with van der Waals surface area (Å²) in [6.45, 7) is 1.43. The lowest BCUT2D eigenvalue weighted by atomic mass is 10.3. The maximum absolute atomic E-state index is 13.0. The zero-order valence-electron chi connectivity index (χ0n) is 9.46. The van der Waals surface area contributed by atoms with Gasteiger partial charge in [0.25, 0.3) is 12.6 Å². The first-order valence-electron chi connectivity index (χ1n) is 4.78. The van der Waals surface area contributed by atoms with Gasteiger partial charge < -0.3 is 9.47 Å². The molecule has 0 aliphatic rings. The molecule has 0 amide bonds. The molecule has 0 aliphatic heterocycles. The molecule has 18 heavy (non-hydrogen) atoms. The van der Waals surface area contributed by atoms with Crippen molar-refractivity contribution in [3.63, 3.8) is 0 Å². The lowest BCUT2D eigenvalue weighted by molar-refractivity contribution is -0.245. The molecular weight excluding hydrogens is 261 g/mol. The zero-order valence-corrected chi connectivity index (χ0v) is 9.46. The fraction of sp³-hybridized carbons (Fsp3) is 0.500. The Hall–Kier alpha value is -1.60. The average molecular weight is 271 g/mol. The Morgan fingerprint density at radius 3 is 2.39 bits per heavy atom. The molecule has 3 nitrogen and oxygen atoms in total. The van der Waals surface area contributed by atoms with E-state index in [-0.39, 0.29) is 11.4 Å². The van der Waals surface area contributed by atoms with E-state index in [0.717, 1.165) is 19.4 Å². The van der Waals surface area contributed by atoms with Crippen LogP contribution in [0.15, 0.2) is 12.3 Å². The number of aryl methyl sites for hydroxylation is 1. The van der Waals surface area contributed by atoms with Crippen LogP contribution in [0.3, 0.4) is 0 Å². The Bertz CT molecular complexity index is 413. The second-order valence-electron chi connectivity index (χ2n) is 3.33. The van der Waals surface area contributed by atoms with Crippen molar-refractivity contribution in [2.45, 2.75) is 25.6 Å². The van der Waals surface area contributed by atoms with E-state index in [1.54, 1.807) is 0 Å². The van der Waals surface area contributed by atoms with Crippen molar-refractivity contribution in [3.05, 3.63) is 18.0 Å². The predicted molar refractivity (Wildman–Crippen MR) is 52.0 cm³/mol. The second kappa shape index (κ2) is 5.36. The van der Waals surface area contributed by atoms with Gasteiger partial charge in [0.2, 0.25) is 0 Å². The molecule has 8 heteroatoms. The summed E-state index contributed by atoms with van der Waals surface area (Å²) in [5, 5.41) is 0. The molecule has 0 aliphatic carbocycles. The minimum atomic E-state index is -4.66. The Balaban J connectivity index is 3.00. The molecule has 0 saturated carbocycles. The van der Waals surface area contributed by atoms with Crippen molar-refractivity contribution in [1.29, 1.82) is 0 Å². The largest absolute Gasteiger partial charge is 0.491 e. The molecule has 0 fully saturated rings. The van der Waals surface area contributed by atoms with E-state index in [1.807, 2.05) is 0 Å². The zero-order chi connectivity index (χ0) is 13.9. The molecule has 1 aromatic rings. The Morgan fingerprint density at radius 1 is 1.28 bits per heavy atom. The SMILES string of the molecule is COc1c(OC(F)(F)C(F)C(F)F)ccnc1C. The molecule has 1 unspecified atom stereocenters. The third-order valence-electron chi connectivity index (χ3n) is 2.04. The average Bonchev–Trinajstić information content (AvgIpc) is 2.27. The first-order valence-corrected chi connectivity index (χ1v) is 4.78. The molecule has 0 N–H and O–H groups in total. The van der Waals surface area contributed by atoms with Crippen LogP contribution in [0.1, 0.15) is 5.69 Å². The maximum atomic E-state index is 13.0. The number of rotatable bonds is 5. The summed E-state index contributed by atoms with van der Waals surface area (Å²) < 4.78 is 71.3. The smallest absolute Gasteiger partial charge is 0.435 e. The molecule has 1 aromatic heterocycles. The lowest BCUT2D eigenvalue weighted by Gasteiger charge is -2.22. The highest BCUT2D eigenvalue weighted by atomic mass is 19.3. The molecule has 102 valence electrons.